The molecule has 1 aliphatic rings. The molecule has 2 heterocycles. The summed E-state index contributed by atoms with van der Waals surface area (Å²) in [5.74, 6) is -1.13. The van der Waals surface area contributed by atoms with Gasteiger partial charge in [0.25, 0.3) is 0 Å². The topological polar surface area (TPSA) is 100 Å². The van der Waals surface area contributed by atoms with E-state index in [2.05, 4.69) is 15.6 Å². The Morgan fingerprint density at radius 2 is 1.93 bits per heavy atom. The highest BCUT2D eigenvalue weighted by Crippen LogP contribution is 2.36. The molecule has 0 bridgehead atoms. The summed E-state index contributed by atoms with van der Waals surface area (Å²) in [6.45, 7) is 0. The smallest absolute Gasteiger partial charge is 0.328 e. The van der Waals surface area contributed by atoms with Gasteiger partial charge in [-0.1, -0.05) is 30.3 Å². The highest BCUT2D eigenvalue weighted by Gasteiger charge is 2.31. The van der Waals surface area contributed by atoms with Gasteiger partial charge in [0.2, 0.25) is 11.8 Å². The molecule has 0 aliphatic carbocycles. The summed E-state index contributed by atoms with van der Waals surface area (Å²) in [5.41, 5.74) is 2.60. The van der Waals surface area contributed by atoms with E-state index in [0.717, 1.165) is 27.0 Å². The Morgan fingerprint density at radius 3 is 2.77 bits per heavy atom. The van der Waals surface area contributed by atoms with Gasteiger partial charge >= 0.3 is 5.97 Å². The standard InChI is InChI=1S/C22H21N3O4S/c1-29-22(28)17(10-13-12-23-15-7-3-2-6-14(13)15)24-20(26)11-19-21(27)25-16-8-4-5-9-18(16)30-19/h2-9,12,17,19,23H,10-11H2,1H3,(H,24,26)(H,25,27)/t17-,19-/m0/s1. The van der Waals surface area contributed by atoms with E-state index in [4.69, 9.17) is 4.74 Å². The van der Waals surface area contributed by atoms with Crippen molar-refractivity contribution in [1.29, 1.82) is 0 Å². The van der Waals surface area contributed by atoms with Crippen molar-refractivity contribution in [3.8, 4) is 0 Å². The number of aromatic nitrogens is 1. The molecule has 0 saturated heterocycles. The van der Waals surface area contributed by atoms with Crippen LogP contribution < -0.4 is 10.6 Å². The highest BCUT2D eigenvalue weighted by molar-refractivity contribution is 8.01. The zero-order valence-corrected chi connectivity index (χ0v) is 17.1. The Labute approximate surface area is 177 Å². The van der Waals surface area contributed by atoms with Crippen molar-refractivity contribution in [1.82, 2.24) is 10.3 Å². The second-order valence-electron chi connectivity index (χ2n) is 7.00. The number of rotatable bonds is 6. The molecule has 3 N–H and O–H groups in total. The fourth-order valence-corrected chi connectivity index (χ4v) is 4.62. The van der Waals surface area contributed by atoms with Gasteiger partial charge in [-0.3, -0.25) is 9.59 Å². The third kappa shape index (κ3) is 4.18. The third-order valence-electron chi connectivity index (χ3n) is 5.00. The summed E-state index contributed by atoms with van der Waals surface area (Å²) in [7, 11) is 1.29. The highest BCUT2D eigenvalue weighted by atomic mass is 32.2. The van der Waals surface area contributed by atoms with Crippen molar-refractivity contribution < 1.29 is 19.1 Å². The number of methoxy groups -OCH3 is 1. The number of hydrogen-bond donors (Lipinski definition) is 3. The first-order valence-corrected chi connectivity index (χ1v) is 10.4. The summed E-state index contributed by atoms with van der Waals surface area (Å²) < 4.78 is 4.88. The molecule has 0 radical (unpaired) electrons. The van der Waals surface area contributed by atoms with Crippen molar-refractivity contribution in [2.45, 2.75) is 29.0 Å². The molecule has 4 rings (SSSR count). The van der Waals surface area contributed by atoms with Gasteiger partial charge in [-0.25, -0.2) is 4.79 Å². The van der Waals surface area contributed by atoms with Crippen LogP contribution in [0.4, 0.5) is 5.69 Å². The second kappa shape index (κ2) is 8.62. The predicted molar refractivity (Wildman–Crippen MR) is 115 cm³/mol. The number of hydrogen-bond acceptors (Lipinski definition) is 5. The molecule has 2 aromatic carbocycles. The molecule has 1 aliphatic heterocycles. The number of nitrogens with one attached hydrogen (secondary N) is 3. The molecule has 7 nitrogen and oxygen atoms in total. The minimum atomic E-state index is -0.842. The van der Waals surface area contributed by atoms with E-state index in [9.17, 15) is 14.4 Å². The van der Waals surface area contributed by atoms with E-state index in [1.54, 1.807) is 0 Å². The van der Waals surface area contributed by atoms with Gasteiger partial charge in [-0.15, -0.1) is 11.8 Å². The Hall–Kier alpha value is -3.26. The molecule has 1 aromatic heterocycles. The van der Waals surface area contributed by atoms with Crippen molar-refractivity contribution in [2.75, 3.05) is 12.4 Å². The maximum absolute atomic E-state index is 12.7. The predicted octanol–water partition coefficient (Wildman–Crippen LogP) is 2.87. The Kier molecular flexibility index (Phi) is 5.76. The van der Waals surface area contributed by atoms with Crippen LogP contribution in [0, 0.1) is 0 Å². The van der Waals surface area contributed by atoms with Crippen LogP contribution >= 0.6 is 11.8 Å². The minimum absolute atomic E-state index is 0.0355. The Balaban J connectivity index is 1.45. The number of esters is 1. The van der Waals surface area contributed by atoms with E-state index in [1.807, 2.05) is 54.7 Å². The lowest BCUT2D eigenvalue weighted by atomic mass is 10.0. The minimum Gasteiger partial charge on any atom is -0.467 e. The molecule has 0 unspecified atom stereocenters. The zero-order valence-electron chi connectivity index (χ0n) is 16.3. The van der Waals surface area contributed by atoms with Crippen molar-refractivity contribution in [2.24, 2.45) is 0 Å². The fourth-order valence-electron chi connectivity index (χ4n) is 3.50. The van der Waals surface area contributed by atoms with Crippen LogP contribution in [-0.2, 0) is 25.5 Å². The molecular weight excluding hydrogens is 402 g/mol. The summed E-state index contributed by atoms with van der Waals surface area (Å²) in [5, 5.41) is 5.99. The number of amides is 2. The third-order valence-corrected chi connectivity index (χ3v) is 6.27. The molecule has 0 spiro atoms. The van der Waals surface area contributed by atoms with Crippen LogP contribution in [0.1, 0.15) is 12.0 Å². The Morgan fingerprint density at radius 1 is 1.17 bits per heavy atom. The SMILES string of the molecule is COC(=O)[C@H](Cc1c[nH]c2ccccc12)NC(=O)C[C@@H]1Sc2ccccc2NC1=O. The van der Waals surface area contributed by atoms with Gasteiger partial charge in [0, 0.05) is 34.8 Å². The summed E-state index contributed by atoms with van der Waals surface area (Å²) in [6, 6.07) is 14.4. The first kappa shape index (κ1) is 20.0. The van der Waals surface area contributed by atoms with Gasteiger partial charge in [0.05, 0.1) is 18.0 Å². The molecule has 154 valence electrons. The van der Waals surface area contributed by atoms with Gasteiger partial charge in [-0.2, -0.15) is 0 Å². The molecule has 3 aromatic rings. The van der Waals surface area contributed by atoms with Crippen LogP contribution in [0.2, 0.25) is 0 Å². The summed E-state index contributed by atoms with van der Waals surface area (Å²) >= 11 is 1.35. The summed E-state index contributed by atoms with van der Waals surface area (Å²) in [6.07, 6.45) is 2.08. The molecule has 2 atom stereocenters. The lowest BCUT2D eigenvalue weighted by molar-refractivity contribution is -0.145. The van der Waals surface area contributed by atoms with E-state index < -0.39 is 17.3 Å². The summed E-state index contributed by atoms with van der Waals surface area (Å²) in [4.78, 5) is 41.4. The van der Waals surface area contributed by atoms with Crippen LogP contribution in [0.3, 0.4) is 0 Å². The number of benzene rings is 2. The number of carbonyl (C=O) groups is 3. The lowest BCUT2D eigenvalue weighted by Crippen LogP contribution is -2.45. The zero-order chi connectivity index (χ0) is 21.1. The molecule has 2 amide bonds. The van der Waals surface area contributed by atoms with Gasteiger partial charge in [-0.05, 0) is 23.8 Å². The molecule has 30 heavy (non-hydrogen) atoms. The quantitative estimate of drug-likeness (QED) is 0.530. The van der Waals surface area contributed by atoms with E-state index in [1.165, 1.54) is 18.9 Å². The number of fused-ring (bicyclic) bond motifs is 2. The lowest BCUT2D eigenvalue weighted by Gasteiger charge is -2.24. The first-order chi connectivity index (χ1) is 14.5. The number of H-pyrrole nitrogens is 1. The largest absolute Gasteiger partial charge is 0.467 e. The molecule has 0 saturated carbocycles. The average Bonchev–Trinajstić information content (AvgIpc) is 3.16. The maximum atomic E-state index is 12.7. The van der Waals surface area contributed by atoms with Crippen LogP contribution in [0.15, 0.2) is 59.6 Å². The number of aromatic amines is 1. The number of carbonyl (C=O) groups excluding carboxylic acids is 3. The van der Waals surface area contributed by atoms with Crippen molar-refractivity contribution in [3.63, 3.8) is 0 Å². The van der Waals surface area contributed by atoms with Crippen LogP contribution in [0.25, 0.3) is 10.9 Å². The Bertz CT molecular complexity index is 1110. The van der Waals surface area contributed by atoms with Gasteiger partial charge < -0.3 is 20.4 Å². The monoisotopic (exact) mass is 423 g/mol. The van der Waals surface area contributed by atoms with Gasteiger partial charge in [0.1, 0.15) is 6.04 Å². The maximum Gasteiger partial charge on any atom is 0.328 e. The van der Waals surface area contributed by atoms with Crippen LogP contribution in [-0.4, -0.2) is 41.2 Å². The van der Waals surface area contributed by atoms with Gasteiger partial charge in [0.15, 0.2) is 0 Å². The number of thioether (sulfide) groups is 1. The van der Waals surface area contributed by atoms with E-state index in [-0.39, 0.29) is 24.7 Å². The van der Waals surface area contributed by atoms with Crippen LogP contribution in [0.5, 0.6) is 0 Å². The average molecular weight is 423 g/mol. The first-order valence-electron chi connectivity index (χ1n) is 9.54. The van der Waals surface area contributed by atoms with E-state index >= 15 is 0 Å². The molecule has 8 heteroatoms. The second-order valence-corrected chi connectivity index (χ2v) is 8.25. The number of para-hydroxylation sites is 2. The molecular formula is C22H21N3O4S. The van der Waals surface area contributed by atoms with Crippen molar-refractivity contribution in [3.05, 3.63) is 60.3 Å². The number of ether oxygens (including phenoxy) is 1. The normalized spacial score (nSPS) is 16.4. The number of anilines is 1. The van der Waals surface area contributed by atoms with Crippen molar-refractivity contribution >= 4 is 46.1 Å². The fraction of sp³-hybridized carbons (Fsp3) is 0.227. The molecule has 0 fully saturated rings. The van der Waals surface area contributed by atoms with E-state index in [0.29, 0.717) is 0 Å².